The molecule has 0 saturated carbocycles. The number of benzene rings is 3. The number of carbonyl (C=O) groups excluding carboxylic acids is 2. The maximum atomic E-state index is 14.3. The molecule has 0 aliphatic carbocycles. The molecule has 6 nitrogen and oxygen atoms in total. The van der Waals surface area contributed by atoms with Crippen LogP contribution in [0.3, 0.4) is 0 Å². The smallest absolute Gasteiger partial charge is 0.193 e. The topological polar surface area (TPSA) is 71.1 Å². The van der Waals surface area contributed by atoms with E-state index in [1.807, 2.05) is 12.1 Å². The molecule has 0 saturated heterocycles. The van der Waals surface area contributed by atoms with Gasteiger partial charge >= 0.3 is 0 Å². The van der Waals surface area contributed by atoms with Crippen molar-refractivity contribution in [2.75, 3.05) is 26.4 Å². The van der Waals surface area contributed by atoms with Gasteiger partial charge in [-0.15, -0.1) is 6.42 Å². The van der Waals surface area contributed by atoms with E-state index in [1.54, 1.807) is 42.5 Å². The van der Waals surface area contributed by atoms with Gasteiger partial charge in [-0.05, 0) is 68.1 Å². The van der Waals surface area contributed by atoms with Crippen LogP contribution in [0.25, 0.3) is 0 Å². The van der Waals surface area contributed by atoms with E-state index in [-0.39, 0.29) is 11.6 Å². The van der Waals surface area contributed by atoms with Crippen molar-refractivity contribution in [1.29, 1.82) is 0 Å². The second kappa shape index (κ2) is 31.6. The molecule has 0 aliphatic heterocycles. The van der Waals surface area contributed by atoms with Crippen LogP contribution in [0.1, 0.15) is 219 Å². The second-order valence-corrected chi connectivity index (χ2v) is 16.5. The predicted molar refractivity (Wildman–Crippen MR) is 250 cm³/mol. The molecule has 0 heterocycles. The van der Waals surface area contributed by atoms with Gasteiger partial charge < -0.3 is 18.9 Å². The van der Waals surface area contributed by atoms with Gasteiger partial charge in [0, 0.05) is 39.9 Å². The van der Waals surface area contributed by atoms with E-state index in [0.29, 0.717) is 77.2 Å². The van der Waals surface area contributed by atoms with Gasteiger partial charge in [-0.1, -0.05) is 162 Å². The lowest BCUT2D eigenvalue weighted by Crippen LogP contribution is -2.09. The van der Waals surface area contributed by atoms with Crippen LogP contribution in [-0.4, -0.2) is 38.0 Å². The minimum Gasteiger partial charge on any atom is -0.493 e. The van der Waals surface area contributed by atoms with E-state index in [2.05, 4.69) is 33.6 Å². The molecule has 0 amide bonds. The van der Waals surface area contributed by atoms with Crippen molar-refractivity contribution in [2.45, 2.75) is 182 Å². The summed E-state index contributed by atoms with van der Waals surface area (Å²) in [5.74, 6) is 4.56. The van der Waals surface area contributed by atoms with E-state index in [9.17, 15) is 9.59 Å². The van der Waals surface area contributed by atoms with E-state index >= 15 is 0 Å². The first kappa shape index (κ1) is 50.1. The number of ether oxygens (including phenoxy) is 4. The summed E-state index contributed by atoms with van der Waals surface area (Å²) in [6.45, 7) is 11.2. The Hall–Kier alpha value is -4.24. The Kier molecular flexibility index (Phi) is 26.4. The molecule has 0 unspecified atom stereocenters. The summed E-state index contributed by atoms with van der Waals surface area (Å²) in [5, 5.41) is 0. The average Bonchev–Trinajstić information content (AvgIpc) is 3.27. The molecule has 0 bridgehead atoms. The van der Waals surface area contributed by atoms with Crippen molar-refractivity contribution in [1.82, 2.24) is 0 Å². The van der Waals surface area contributed by atoms with Crippen LogP contribution in [0.15, 0.2) is 54.6 Å². The quantitative estimate of drug-likeness (QED) is 0.0330. The minimum absolute atomic E-state index is 0.255. The van der Waals surface area contributed by atoms with Crippen molar-refractivity contribution >= 4 is 11.6 Å². The van der Waals surface area contributed by atoms with E-state index < -0.39 is 0 Å². The lowest BCUT2D eigenvalue weighted by atomic mass is 9.94. The summed E-state index contributed by atoms with van der Waals surface area (Å²) in [6.07, 6.45) is 33.8. The fourth-order valence-electron chi connectivity index (χ4n) is 7.34. The van der Waals surface area contributed by atoms with Gasteiger partial charge in [-0.2, -0.15) is 0 Å². The van der Waals surface area contributed by atoms with Gasteiger partial charge in [-0.25, -0.2) is 0 Å². The monoisotopic (exact) mass is 823 g/mol. The molecule has 3 aromatic rings. The Bertz CT molecular complexity index is 1500. The Balaban J connectivity index is 1.85. The normalized spacial score (nSPS) is 11.0. The molecule has 60 heavy (non-hydrogen) atoms. The molecule has 0 fully saturated rings. The lowest BCUT2D eigenvalue weighted by Gasteiger charge is -2.14. The SMILES string of the molecule is C#Cc1cc(C(=O)c2cc(OCCCCCCCC)cc(OCCCCCCCC)c2)cc(C(=O)c2cc(OCCCCCCCC)cc(OCCCCCCCC)c2)c1. The molecule has 0 N–H and O–H groups in total. The molecule has 6 heteroatoms. The molecule has 3 aromatic carbocycles. The van der Waals surface area contributed by atoms with Crippen molar-refractivity contribution in [3.05, 3.63) is 82.4 Å². The highest BCUT2D eigenvalue weighted by atomic mass is 16.5. The second-order valence-electron chi connectivity index (χ2n) is 16.5. The van der Waals surface area contributed by atoms with E-state index in [4.69, 9.17) is 25.4 Å². The molecule has 0 atom stereocenters. The summed E-state index contributed by atoms with van der Waals surface area (Å²) >= 11 is 0. The Labute approximate surface area is 364 Å². The summed E-state index contributed by atoms with van der Waals surface area (Å²) in [5.41, 5.74) is 1.97. The maximum Gasteiger partial charge on any atom is 0.193 e. The standard InChI is InChI=1S/C54H78O6/c1-6-11-15-19-23-27-31-57-49-38-47(39-50(42-49)58-32-28-24-20-16-12-7-2)53(55)45-35-44(10-5)36-46(37-45)54(56)48-40-51(59-33-29-25-21-17-13-8-3)43-52(41-48)60-34-30-26-22-18-14-9-4/h5,35-43H,6-9,11-34H2,1-4H3. The predicted octanol–water partition coefficient (Wildman–Crippen LogP) is 15.1. The highest BCUT2D eigenvalue weighted by Crippen LogP contribution is 2.29. The highest BCUT2D eigenvalue weighted by Gasteiger charge is 2.19. The maximum absolute atomic E-state index is 14.3. The van der Waals surface area contributed by atoms with Crippen LogP contribution in [0.2, 0.25) is 0 Å². The Morgan fingerprint density at radius 1 is 0.367 bits per heavy atom. The minimum atomic E-state index is -0.255. The average molecular weight is 823 g/mol. The number of carbonyl (C=O) groups is 2. The van der Waals surface area contributed by atoms with Crippen LogP contribution < -0.4 is 18.9 Å². The van der Waals surface area contributed by atoms with E-state index in [1.165, 1.54) is 103 Å². The van der Waals surface area contributed by atoms with Crippen LogP contribution in [0, 0.1) is 12.3 Å². The zero-order valence-corrected chi connectivity index (χ0v) is 38.0. The molecule has 3 rings (SSSR count). The Morgan fingerprint density at radius 2 is 0.617 bits per heavy atom. The third-order valence-electron chi connectivity index (χ3n) is 11.0. The van der Waals surface area contributed by atoms with Crippen LogP contribution in [0.4, 0.5) is 0 Å². The fraction of sp³-hybridized carbons (Fsp3) is 0.593. The number of unbranched alkanes of at least 4 members (excludes halogenated alkanes) is 20. The first-order valence-electron chi connectivity index (χ1n) is 23.9. The van der Waals surface area contributed by atoms with Crippen molar-refractivity contribution in [2.24, 2.45) is 0 Å². The molecule has 330 valence electrons. The summed E-state index contributed by atoms with van der Waals surface area (Å²) < 4.78 is 24.8. The zero-order valence-electron chi connectivity index (χ0n) is 38.0. The number of ketones is 2. The van der Waals surface area contributed by atoms with Gasteiger partial charge in [0.15, 0.2) is 11.6 Å². The van der Waals surface area contributed by atoms with Gasteiger partial charge in [-0.3, -0.25) is 9.59 Å². The van der Waals surface area contributed by atoms with Crippen LogP contribution in [-0.2, 0) is 0 Å². The van der Waals surface area contributed by atoms with E-state index in [0.717, 1.165) is 51.4 Å². The first-order chi connectivity index (χ1) is 29.4. The third-order valence-corrected chi connectivity index (χ3v) is 11.0. The number of terminal acetylenes is 1. The highest BCUT2D eigenvalue weighted by molar-refractivity contribution is 6.14. The number of hydrogen-bond donors (Lipinski definition) is 0. The molecule has 0 spiro atoms. The summed E-state index contributed by atoms with van der Waals surface area (Å²) in [6, 6.07) is 15.9. The van der Waals surface area contributed by atoms with Gasteiger partial charge in [0.2, 0.25) is 0 Å². The largest absolute Gasteiger partial charge is 0.493 e. The Morgan fingerprint density at radius 3 is 0.883 bits per heavy atom. The number of rotatable bonds is 36. The molecule has 0 aromatic heterocycles. The van der Waals surface area contributed by atoms with Crippen molar-refractivity contribution in [3.63, 3.8) is 0 Å². The van der Waals surface area contributed by atoms with Crippen molar-refractivity contribution < 1.29 is 28.5 Å². The molecule has 0 radical (unpaired) electrons. The lowest BCUT2D eigenvalue weighted by molar-refractivity contribution is 0.103. The van der Waals surface area contributed by atoms with Gasteiger partial charge in [0.1, 0.15) is 23.0 Å². The fourth-order valence-corrected chi connectivity index (χ4v) is 7.34. The number of hydrogen-bond acceptors (Lipinski definition) is 6. The zero-order chi connectivity index (χ0) is 43.0. The van der Waals surface area contributed by atoms with Gasteiger partial charge in [0.25, 0.3) is 0 Å². The molecule has 0 aliphatic rings. The van der Waals surface area contributed by atoms with Gasteiger partial charge in [0.05, 0.1) is 26.4 Å². The summed E-state index contributed by atoms with van der Waals surface area (Å²) in [7, 11) is 0. The first-order valence-corrected chi connectivity index (χ1v) is 23.9. The molecular weight excluding hydrogens is 745 g/mol. The van der Waals surface area contributed by atoms with Crippen LogP contribution in [0.5, 0.6) is 23.0 Å². The van der Waals surface area contributed by atoms with Crippen molar-refractivity contribution in [3.8, 4) is 35.3 Å². The van der Waals surface area contributed by atoms with Crippen LogP contribution >= 0.6 is 0 Å². The summed E-state index contributed by atoms with van der Waals surface area (Å²) in [4.78, 5) is 28.6. The molecular formula is C54H78O6. The third kappa shape index (κ3) is 20.3.